The lowest BCUT2D eigenvalue weighted by Crippen LogP contribution is -2.32. The van der Waals surface area contributed by atoms with E-state index in [1.807, 2.05) is 47.5 Å². The van der Waals surface area contributed by atoms with Crippen LogP contribution in [0, 0.1) is 5.92 Å². The predicted molar refractivity (Wildman–Crippen MR) is 90.2 cm³/mol. The second-order valence-corrected chi connectivity index (χ2v) is 6.88. The molecule has 0 N–H and O–H groups in total. The molecule has 0 radical (unpaired) electrons. The van der Waals surface area contributed by atoms with Gasteiger partial charge < -0.3 is 4.90 Å². The minimum atomic E-state index is 0.109. The highest BCUT2D eigenvalue weighted by Gasteiger charge is 2.47. The molecule has 0 unspecified atom stereocenters. The first-order valence-corrected chi connectivity index (χ1v) is 8.59. The summed E-state index contributed by atoms with van der Waals surface area (Å²) in [6, 6.07) is 14.0. The Kier molecular flexibility index (Phi) is 3.82. The summed E-state index contributed by atoms with van der Waals surface area (Å²) in [6.07, 6.45) is 4.81. The van der Waals surface area contributed by atoms with E-state index >= 15 is 0 Å². The van der Waals surface area contributed by atoms with Crippen molar-refractivity contribution in [1.29, 1.82) is 0 Å². The van der Waals surface area contributed by atoms with Crippen molar-refractivity contribution in [3.05, 3.63) is 64.9 Å². The molecule has 2 aliphatic rings. The van der Waals surface area contributed by atoms with E-state index in [1.165, 1.54) is 5.56 Å². The maximum Gasteiger partial charge on any atom is 0.226 e. The van der Waals surface area contributed by atoms with Crippen LogP contribution in [0.1, 0.15) is 42.5 Å². The van der Waals surface area contributed by atoms with Crippen molar-refractivity contribution in [2.75, 3.05) is 6.54 Å². The molecule has 0 bridgehead atoms. The van der Waals surface area contributed by atoms with Crippen LogP contribution in [-0.2, 0) is 4.79 Å². The van der Waals surface area contributed by atoms with Crippen LogP contribution >= 0.6 is 11.6 Å². The molecule has 2 fully saturated rings. The molecule has 118 valence electrons. The quantitative estimate of drug-likeness (QED) is 0.846. The Hall–Kier alpha value is -1.87. The van der Waals surface area contributed by atoms with Gasteiger partial charge in [-0.3, -0.25) is 9.78 Å². The van der Waals surface area contributed by atoms with Gasteiger partial charge in [-0.25, -0.2) is 0 Å². The van der Waals surface area contributed by atoms with Crippen molar-refractivity contribution in [3.63, 3.8) is 0 Å². The number of halogens is 1. The lowest BCUT2D eigenvalue weighted by Gasteiger charge is -2.24. The standard InChI is InChI=1S/C19H19ClN2O/c20-14-6-3-5-13(11-14)15-12-16(15)19(23)22-10-4-8-18(22)17-7-1-2-9-21-17/h1-3,5-7,9,11,15-16,18H,4,8,10,12H2/t15-,16-,18-/m1/s1. The average Bonchev–Trinajstić information content (AvgIpc) is 3.23. The number of rotatable bonds is 3. The minimum absolute atomic E-state index is 0.109. The normalized spacial score (nSPS) is 26.3. The Balaban J connectivity index is 1.49. The third kappa shape index (κ3) is 2.86. The van der Waals surface area contributed by atoms with Crippen molar-refractivity contribution in [1.82, 2.24) is 9.88 Å². The highest BCUT2D eigenvalue weighted by atomic mass is 35.5. The van der Waals surface area contributed by atoms with Gasteiger partial charge in [0.25, 0.3) is 0 Å². The molecule has 1 amide bonds. The number of pyridine rings is 1. The number of carbonyl (C=O) groups is 1. The van der Waals surface area contributed by atoms with E-state index in [4.69, 9.17) is 11.6 Å². The fourth-order valence-corrected chi connectivity index (χ4v) is 3.90. The molecule has 3 atom stereocenters. The SMILES string of the molecule is O=C([C@@H]1C[C@@H]1c1cccc(Cl)c1)N1CCC[C@@H]1c1ccccn1. The summed E-state index contributed by atoms with van der Waals surface area (Å²) in [5.74, 6) is 0.715. The zero-order chi connectivity index (χ0) is 15.8. The highest BCUT2D eigenvalue weighted by Crippen LogP contribution is 2.50. The first-order valence-electron chi connectivity index (χ1n) is 8.21. The Morgan fingerprint density at radius 1 is 1.22 bits per heavy atom. The largest absolute Gasteiger partial charge is 0.334 e. The molecule has 23 heavy (non-hydrogen) atoms. The van der Waals surface area contributed by atoms with E-state index in [0.29, 0.717) is 5.92 Å². The molecule has 1 aromatic heterocycles. The van der Waals surface area contributed by atoms with Crippen molar-refractivity contribution in [2.24, 2.45) is 5.92 Å². The van der Waals surface area contributed by atoms with Gasteiger partial charge >= 0.3 is 0 Å². The minimum Gasteiger partial charge on any atom is -0.334 e. The van der Waals surface area contributed by atoms with E-state index in [-0.39, 0.29) is 17.9 Å². The number of nitrogens with zero attached hydrogens (tertiary/aromatic N) is 2. The monoisotopic (exact) mass is 326 g/mol. The molecular formula is C19H19ClN2O. The Labute approximate surface area is 141 Å². The summed E-state index contributed by atoms with van der Waals surface area (Å²) in [5, 5.41) is 0.744. The maximum atomic E-state index is 12.9. The second-order valence-electron chi connectivity index (χ2n) is 6.45. The van der Waals surface area contributed by atoms with Crippen LogP contribution in [0.3, 0.4) is 0 Å². The molecule has 1 aliphatic carbocycles. The molecular weight excluding hydrogens is 308 g/mol. The Morgan fingerprint density at radius 2 is 2.13 bits per heavy atom. The molecule has 1 saturated heterocycles. The smallest absolute Gasteiger partial charge is 0.226 e. The summed E-state index contributed by atoms with van der Waals surface area (Å²) in [6.45, 7) is 0.846. The van der Waals surface area contributed by atoms with Crippen molar-refractivity contribution in [2.45, 2.75) is 31.2 Å². The van der Waals surface area contributed by atoms with E-state index in [2.05, 4.69) is 11.1 Å². The number of hydrogen-bond donors (Lipinski definition) is 0. The molecule has 2 heterocycles. The number of hydrogen-bond acceptors (Lipinski definition) is 2. The van der Waals surface area contributed by atoms with Crippen LogP contribution in [0.15, 0.2) is 48.7 Å². The van der Waals surface area contributed by atoms with Gasteiger partial charge in [0.2, 0.25) is 5.91 Å². The number of amides is 1. The van der Waals surface area contributed by atoms with Crippen LogP contribution in [0.5, 0.6) is 0 Å². The first-order chi connectivity index (χ1) is 11.2. The van der Waals surface area contributed by atoms with E-state index in [9.17, 15) is 4.79 Å². The maximum absolute atomic E-state index is 12.9. The van der Waals surface area contributed by atoms with Gasteiger partial charge in [-0.1, -0.05) is 29.8 Å². The van der Waals surface area contributed by atoms with Crippen LogP contribution in [0.2, 0.25) is 5.02 Å². The third-order valence-corrected chi connectivity index (χ3v) is 5.18. The summed E-state index contributed by atoms with van der Waals surface area (Å²) < 4.78 is 0. The van der Waals surface area contributed by atoms with Crippen LogP contribution < -0.4 is 0 Å². The van der Waals surface area contributed by atoms with Gasteiger partial charge in [-0.2, -0.15) is 0 Å². The van der Waals surface area contributed by atoms with Crippen LogP contribution in [-0.4, -0.2) is 22.3 Å². The first kappa shape index (κ1) is 14.7. The molecule has 0 spiro atoms. The van der Waals surface area contributed by atoms with Gasteiger partial charge in [0, 0.05) is 23.7 Å². The highest BCUT2D eigenvalue weighted by molar-refractivity contribution is 6.30. The zero-order valence-corrected chi connectivity index (χ0v) is 13.6. The second kappa shape index (κ2) is 5.97. The fraction of sp³-hybridized carbons (Fsp3) is 0.368. The van der Waals surface area contributed by atoms with Gasteiger partial charge in [-0.15, -0.1) is 0 Å². The average molecular weight is 327 g/mol. The van der Waals surface area contributed by atoms with Crippen molar-refractivity contribution < 1.29 is 4.79 Å². The van der Waals surface area contributed by atoms with Gasteiger partial charge in [-0.05, 0) is 55.0 Å². The number of aromatic nitrogens is 1. The molecule has 1 aliphatic heterocycles. The molecule has 2 aromatic rings. The number of carbonyl (C=O) groups excluding carboxylic acids is 1. The van der Waals surface area contributed by atoms with Crippen LogP contribution in [0.4, 0.5) is 0 Å². The summed E-state index contributed by atoms with van der Waals surface area (Å²) in [4.78, 5) is 19.4. The van der Waals surface area contributed by atoms with Crippen LogP contribution in [0.25, 0.3) is 0 Å². The molecule has 1 saturated carbocycles. The number of benzene rings is 1. The van der Waals surface area contributed by atoms with Gasteiger partial charge in [0.05, 0.1) is 11.7 Å². The van der Waals surface area contributed by atoms with E-state index in [0.717, 1.165) is 36.5 Å². The lowest BCUT2D eigenvalue weighted by atomic mass is 10.1. The molecule has 4 heteroatoms. The van der Waals surface area contributed by atoms with Crippen molar-refractivity contribution in [3.8, 4) is 0 Å². The lowest BCUT2D eigenvalue weighted by molar-refractivity contribution is -0.133. The van der Waals surface area contributed by atoms with Crippen molar-refractivity contribution >= 4 is 17.5 Å². The summed E-state index contributed by atoms with van der Waals surface area (Å²) >= 11 is 6.07. The zero-order valence-electron chi connectivity index (χ0n) is 12.9. The van der Waals surface area contributed by atoms with Gasteiger partial charge in [0.1, 0.15) is 0 Å². The van der Waals surface area contributed by atoms with E-state index < -0.39 is 0 Å². The summed E-state index contributed by atoms with van der Waals surface area (Å²) in [7, 11) is 0. The fourth-order valence-electron chi connectivity index (χ4n) is 3.70. The van der Waals surface area contributed by atoms with E-state index in [1.54, 1.807) is 0 Å². The molecule has 3 nitrogen and oxygen atoms in total. The number of likely N-dealkylation sites (tertiary alicyclic amines) is 1. The summed E-state index contributed by atoms with van der Waals surface area (Å²) in [5.41, 5.74) is 2.20. The van der Waals surface area contributed by atoms with Gasteiger partial charge in [0.15, 0.2) is 0 Å². The Bertz CT molecular complexity index is 718. The molecule has 1 aromatic carbocycles. The topological polar surface area (TPSA) is 33.2 Å². The molecule has 4 rings (SSSR count). The predicted octanol–water partition coefficient (Wildman–Crippen LogP) is 4.20. The third-order valence-electron chi connectivity index (χ3n) is 4.95. The Morgan fingerprint density at radius 3 is 2.91 bits per heavy atom.